The highest BCUT2D eigenvalue weighted by Crippen LogP contribution is 2.47. The first-order valence-electron chi connectivity index (χ1n) is 4.51. The predicted octanol–water partition coefficient (Wildman–Crippen LogP) is 2.97. The third kappa shape index (κ3) is 2.35. The molecule has 0 amide bonds. The van der Waals surface area contributed by atoms with E-state index in [1.165, 1.54) is 12.8 Å². The van der Waals surface area contributed by atoms with Gasteiger partial charge in [0.05, 0.1) is 12.9 Å². The maximum Gasteiger partial charge on any atom is 0.129 e. The number of ether oxygens (including phenoxy) is 1. The number of halogens is 1. The maximum absolute atomic E-state index is 5.57. The van der Waals surface area contributed by atoms with Crippen LogP contribution < -0.4 is 0 Å². The molecule has 0 N–H and O–H groups in total. The lowest BCUT2D eigenvalue weighted by Gasteiger charge is -2.10. The molecule has 0 radical (unpaired) electrons. The number of hydrogen-bond acceptors (Lipinski definition) is 2. The highest BCUT2D eigenvalue weighted by molar-refractivity contribution is 9.09. The summed E-state index contributed by atoms with van der Waals surface area (Å²) in [5, 5.41) is 1.05. The molecule has 0 aliphatic heterocycles. The largest absolute Gasteiger partial charge is 0.467 e. The van der Waals surface area contributed by atoms with Crippen LogP contribution in [0.3, 0.4) is 0 Å². The van der Waals surface area contributed by atoms with Gasteiger partial charge in [0, 0.05) is 10.7 Å². The Balaban J connectivity index is 1.70. The molecule has 1 saturated carbocycles. The van der Waals surface area contributed by atoms with Crippen LogP contribution in [-0.4, -0.2) is 11.9 Å². The monoisotopic (exact) mass is 244 g/mol. The van der Waals surface area contributed by atoms with Crippen molar-refractivity contribution in [1.29, 1.82) is 0 Å². The standard InChI is InChI=1S/C10H13BrO2/c11-7-10(3-4-10)8-12-6-9-2-1-5-13-9/h1-2,5H,3-4,6-8H2. The van der Waals surface area contributed by atoms with Crippen molar-refractivity contribution in [1.82, 2.24) is 0 Å². The molecule has 0 saturated heterocycles. The predicted molar refractivity (Wildman–Crippen MR) is 53.8 cm³/mol. The lowest BCUT2D eigenvalue weighted by Crippen LogP contribution is -2.11. The van der Waals surface area contributed by atoms with Gasteiger partial charge in [-0.25, -0.2) is 0 Å². The molecular weight excluding hydrogens is 232 g/mol. The van der Waals surface area contributed by atoms with E-state index in [0.29, 0.717) is 12.0 Å². The Morgan fingerprint density at radius 2 is 2.38 bits per heavy atom. The van der Waals surface area contributed by atoms with Gasteiger partial charge in [0.25, 0.3) is 0 Å². The van der Waals surface area contributed by atoms with Gasteiger partial charge in [0.2, 0.25) is 0 Å². The fourth-order valence-corrected chi connectivity index (χ4v) is 1.98. The first-order valence-corrected chi connectivity index (χ1v) is 5.63. The molecule has 2 nitrogen and oxygen atoms in total. The molecule has 0 spiro atoms. The van der Waals surface area contributed by atoms with E-state index in [9.17, 15) is 0 Å². The third-order valence-corrected chi connectivity index (χ3v) is 3.66. The highest BCUT2D eigenvalue weighted by atomic mass is 79.9. The fraction of sp³-hybridized carbons (Fsp3) is 0.600. The molecule has 1 aromatic rings. The van der Waals surface area contributed by atoms with Crippen molar-refractivity contribution < 1.29 is 9.15 Å². The van der Waals surface area contributed by atoms with Crippen LogP contribution >= 0.6 is 15.9 Å². The number of hydrogen-bond donors (Lipinski definition) is 0. The zero-order chi connectivity index (χ0) is 9.15. The van der Waals surface area contributed by atoms with Crippen LogP contribution in [0.25, 0.3) is 0 Å². The van der Waals surface area contributed by atoms with E-state index in [1.807, 2.05) is 12.1 Å². The Hall–Kier alpha value is -0.280. The lowest BCUT2D eigenvalue weighted by molar-refractivity contribution is 0.0744. The molecule has 1 fully saturated rings. The van der Waals surface area contributed by atoms with Crippen molar-refractivity contribution in [2.24, 2.45) is 5.41 Å². The van der Waals surface area contributed by atoms with Gasteiger partial charge in [-0.3, -0.25) is 0 Å². The summed E-state index contributed by atoms with van der Waals surface area (Å²) in [5.74, 6) is 0.908. The van der Waals surface area contributed by atoms with Crippen LogP contribution in [0, 0.1) is 5.41 Å². The second kappa shape index (κ2) is 3.84. The van der Waals surface area contributed by atoms with Gasteiger partial charge in [0.1, 0.15) is 12.4 Å². The second-order valence-corrected chi connectivity index (χ2v) is 4.27. The second-order valence-electron chi connectivity index (χ2n) is 3.71. The Morgan fingerprint density at radius 3 is 2.92 bits per heavy atom. The molecule has 0 atom stereocenters. The summed E-state index contributed by atoms with van der Waals surface area (Å²) in [6, 6.07) is 3.82. The van der Waals surface area contributed by atoms with Crippen LogP contribution in [0.1, 0.15) is 18.6 Å². The SMILES string of the molecule is BrCC1(COCc2ccco2)CC1. The van der Waals surface area contributed by atoms with Crippen molar-refractivity contribution in [2.75, 3.05) is 11.9 Å². The molecule has 0 aromatic carbocycles. The third-order valence-electron chi connectivity index (χ3n) is 2.47. The molecule has 3 heteroatoms. The summed E-state index contributed by atoms with van der Waals surface area (Å²) >= 11 is 3.51. The summed E-state index contributed by atoms with van der Waals surface area (Å²) in [6.07, 6.45) is 4.25. The molecular formula is C10H13BrO2. The van der Waals surface area contributed by atoms with Crippen LogP contribution in [0.15, 0.2) is 22.8 Å². The van der Waals surface area contributed by atoms with Gasteiger partial charge in [-0.2, -0.15) is 0 Å². The van der Waals surface area contributed by atoms with Gasteiger partial charge in [-0.1, -0.05) is 15.9 Å². The smallest absolute Gasteiger partial charge is 0.129 e. The minimum Gasteiger partial charge on any atom is -0.467 e. The minimum atomic E-state index is 0.437. The van der Waals surface area contributed by atoms with Gasteiger partial charge in [-0.05, 0) is 25.0 Å². The van der Waals surface area contributed by atoms with Gasteiger partial charge in [0.15, 0.2) is 0 Å². The lowest BCUT2D eigenvalue weighted by atomic mass is 10.2. The first-order chi connectivity index (χ1) is 6.35. The van der Waals surface area contributed by atoms with Crippen molar-refractivity contribution in [3.05, 3.63) is 24.2 Å². The first kappa shape index (κ1) is 9.28. The topological polar surface area (TPSA) is 22.4 Å². The molecule has 1 aliphatic carbocycles. The van der Waals surface area contributed by atoms with E-state index in [2.05, 4.69) is 15.9 Å². The molecule has 1 heterocycles. The quantitative estimate of drug-likeness (QED) is 0.744. The van der Waals surface area contributed by atoms with E-state index in [0.717, 1.165) is 17.7 Å². The molecule has 2 rings (SSSR count). The molecule has 0 unspecified atom stereocenters. The summed E-state index contributed by atoms with van der Waals surface area (Å²) in [6.45, 7) is 1.45. The van der Waals surface area contributed by atoms with E-state index in [4.69, 9.17) is 9.15 Å². The minimum absolute atomic E-state index is 0.437. The van der Waals surface area contributed by atoms with Crippen molar-refractivity contribution in [2.45, 2.75) is 19.4 Å². The average Bonchev–Trinajstić information content (AvgIpc) is 2.74. The van der Waals surface area contributed by atoms with E-state index < -0.39 is 0 Å². The van der Waals surface area contributed by atoms with Crippen LogP contribution in [-0.2, 0) is 11.3 Å². The summed E-state index contributed by atoms with van der Waals surface area (Å²) in [7, 11) is 0. The summed E-state index contributed by atoms with van der Waals surface area (Å²) < 4.78 is 10.7. The Kier molecular flexibility index (Phi) is 2.74. The fourth-order valence-electron chi connectivity index (χ4n) is 1.26. The maximum atomic E-state index is 5.57. The highest BCUT2D eigenvalue weighted by Gasteiger charge is 2.41. The Bertz CT molecular complexity index is 252. The molecule has 1 aliphatic rings. The summed E-state index contributed by atoms with van der Waals surface area (Å²) in [4.78, 5) is 0. The van der Waals surface area contributed by atoms with E-state index in [1.54, 1.807) is 6.26 Å². The van der Waals surface area contributed by atoms with Gasteiger partial charge in [-0.15, -0.1) is 0 Å². The van der Waals surface area contributed by atoms with Crippen LogP contribution in [0.2, 0.25) is 0 Å². The zero-order valence-electron chi connectivity index (χ0n) is 7.46. The Labute approximate surface area is 86.4 Å². The van der Waals surface area contributed by atoms with Crippen LogP contribution in [0.4, 0.5) is 0 Å². The molecule has 1 aromatic heterocycles. The molecule has 72 valence electrons. The van der Waals surface area contributed by atoms with Gasteiger partial charge < -0.3 is 9.15 Å². The zero-order valence-corrected chi connectivity index (χ0v) is 9.05. The van der Waals surface area contributed by atoms with Crippen molar-refractivity contribution in [3.63, 3.8) is 0 Å². The van der Waals surface area contributed by atoms with Crippen LogP contribution in [0.5, 0.6) is 0 Å². The van der Waals surface area contributed by atoms with Crippen molar-refractivity contribution >= 4 is 15.9 Å². The Morgan fingerprint density at radius 1 is 1.54 bits per heavy atom. The van der Waals surface area contributed by atoms with E-state index in [-0.39, 0.29) is 0 Å². The van der Waals surface area contributed by atoms with E-state index >= 15 is 0 Å². The van der Waals surface area contributed by atoms with Gasteiger partial charge >= 0.3 is 0 Å². The number of furan rings is 1. The number of rotatable bonds is 5. The normalized spacial score (nSPS) is 18.8. The summed E-state index contributed by atoms with van der Waals surface area (Å²) in [5.41, 5.74) is 0.437. The molecule has 13 heavy (non-hydrogen) atoms. The van der Waals surface area contributed by atoms with Crippen molar-refractivity contribution in [3.8, 4) is 0 Å². The molecule has 0 bridgehead atoms. The average molecular weight is 245 g/mol. The number of alkyl halides is 1.